The molecule has 0 spiro atoms. The average molecular weight is 489 g/mol. The molecule has 35 heavy (non-hydrogen) atoms. The second-order valence-electron chi connectivity index (χ2n) is 9.55. The smallest absolute Gasteiger partial charge is 0.327 e. The third kappa shape index (κ3) is 7.08. The first-order chi connectivity index (χ1) is 17.0. The zero-order chi connectivity index (χ0) is 25.2. The Morgan fingerprint density at radius 2 is 1.86 bits per heavy atom. The van der Waals surface area contributed by atoms with E-state index in [1.807, 2.05) is 18.7 Å². The summed E-state index contributed by atoms with van der Waals surface area (Å²) in [4.78, 5) is 56.6. The predicted octanol–water partition coefficient (Wildman–Crippen LogP) is 3.54. The summed E-state index contributed by atoms with van der Waals surface area (Å²) in [6.45, 7) is 6.06. The number of carbonyl (C=O) groups excluding carboxylic acids is 4. The van der Waals surface area contributed by atoms with E-state index in [4.69, 9.17) is 4.42 Å². The maximum atomic E-state index is 13.4. The Labute approximate surface area is 208 Å². The van der Waals surface area contributed by atoms with Crippen LogP contribution in [0.4, 0.5) is 4.79 Å². The lowest BCUT2D eigenvalue weighted by atomic mass is 9.81. The lowest BCUT2D eigenvalue weighted by Gasteiger charge is -2.47. The molecule has 5 amide bonds. The first-order valence-corrected chi connectivity index (χ1v) is 13.1. The lowest BCUT2D eigenvalue weighted by molar-refractivity contribution is -0.144. The van der Waals surface area contributed by atoms with Crippen LogP contribution in [-0.4, -0.2) is 70.7 Å². The highest BCUT2D eigenvalue weighted by atomic mass is 16.3. The molecule has 1 aliphatic heterocycles. The van der Waals surface area contributed by atoms with E-state index in [0.29, 0.717) is 44.7 Å². The van der Waals surface area contributed by atoms with E-state index in [9.17, 15) is 19.2 Å². The molecule has 1 N–H and O–H groups in total. The van der Waals surface area contributed by atoms with Crippen molar-refractivity contribution in [2.45, 2.75) is 84.2 Å². The molecule has 9 heteroatoms. The molecular formula is C26H40N4O5. The quantitative estimate of drug-likeness (QED) is 0.428. The molecule has 0 bridgehead atoms. The van der Waals surface area contributed by atoms with E-state index in [-0.39, 0.29) is 48.8 Å². The van der Waals surface area contributed by atoms with Gasteiger partial charge in [0.1, 0.15) is 12.3 Å². The van der Waals surface area contributed by atoms with Crippen LogP contribution in [0.2, 0.25) is 0 Å². The van der Waals surface area contributed by atoms with E-state index in [2.05, 4.69) is 5.32 Å². The van der Waals surface area contributed by atoms with Crippen LogP contribution in [-0.2, 0) is 20.9 Å². The minimum Gasteiger partial charge on any atom is -0.467 e. The van der Waals surface area contributed by atoms with Crippen molar-refractivity contribution in [3.8, 4) is 0 Å². The number of imide groups is 1. The van der Waals surface area contributed by atoms with Crippen molar-refractivity contribution >= 4 is 23.8 Å². The number of furan rings is 1. The minimum atomic E-state index is -0.360. The molecule has 0 aromatic carbocycles. The van der Waals surface area contributed by atoms with Gasteiger partial charge in [-0.15, -0.1) is 0 Å². The second kappa shape index (κ2) is 13.3. The van der Waals surface area contributed by atoms with Crippen LogP contribution in [0.15, 0.2) is 22.8 Å². The highest BCUT2D eigenvalue weighted by molar-refractivity contribution is 6.00. The zero-order valence-electron chi connectivity index (χ0n) is 21.2. The summed E-state index contributed by atoms with van der Waals surface area (Å²) in [6.07, 6.45) is 8.16. The third-order valence-electron chi connectivity index (χ3n) is 6.91. The van der Waals surface area contributed by atoms with Gasteiger partial charge in [-0.3, -0.25) is 19.3 Å². The Bertz CT molecular complexity index is 850. The summed E-state index contributed by atoms with van der Waals surface area (Å²) >= 11 is 0. The van der Waals surface area contributed by atoms with Crippen LogP contribution in [0.1, 0.15) is 77.4 Å². The van der Waals surface area contributed by atoms with Crippen molar-refractivity contribution in [1.82, 2.24) is 20.0 Å². The number of unbranched alkanes of at least 4 members (excludes halogenated alkanes) is 1. The number of hydrogen-bond acceptors (Lipinski definition) is 5. The molecule has 194 valence electrons. The summed E-state index contributed by atoms with van der Waals surface area (Å²) in [5.41, 5.74) is 0. The summed E-state index contributed by atoms with van der Waals surface area (Å²) in [7, 11) is 0. The van der Waals surface area contributed by atoms with E-state index in [0.717, 1.165) is 38.5 Å². The van der Waals surface area contributed by atoms with Gasteiger partial charge in [-0.25, -0.2) is 4.79 Å². The predicted molar refractivity (Wildman–Crippen MR) is 131 cm³/mol. The number of nitrogens with zero attached hydrogens (tertiary/aromatic N) is 3. The number of nitrogens with one attached hydrogen (secondary N) is 1. The van der Waals surface area contributed by atoms with E-state index in [1.54, 1.807) is 23.3 Å². The molecule has 2 heterocycles. The van der Waals surface area contributed by atoms with Gasteiger partial charge in [-0.1, -0.05) is 26.7 Å². The summed E-state index contributed by atoms with van der Waals surface area (Å²) in [5.74, 6) is 0.190. The third-order valence-corrected chi connectivity index (χ3v) is 6.91. The molecular weight excluding hydrogens is 448 g/mol. The molecule has 0 radical (unpaired) electrons. The Morgan fingerprint density at radius 3 is 2.54 bits per heavy atom. The number of rotatable bonds is 13. The van der Waals surface area contributed by atoms with E-state index in [1.165, 1.54) is 4.90 Å². The number of hydrogen-bond donors (Lipinski definition) is 1. The Hall–Kier alpha value is -2.84. The van der Waals surface area contributed by atoms with Gasteiger partial charge in [0.2, 0.25) is 17.7 Å². The maximum absolute atomic E-state index is 13.4. The maximum Gasteiger partial charge on any atom is 0.327 e. The second-order valence-corrected chi connectivity index (χ2v) is 9.55. The SMILES string of the molecule is CCCN(CCC)C(=O)CN1C(=O)N(CCCCC(=O)NCc2ccco2)C(=O)C2CCCCC21. The fraction of sp³-hybridized carbons (Fsp3) is 0.692. The zero-order valence-corrected chi connectivity index (χ0v) is 21.2. The minimum absolute atomic E-state index is 0.0268. The molecule has 2 unspecified atom stereocenters. The van der Waals surface area contributed by atoms with E-state index < -0.39 is 0 Å². The monoisotopic (exact) mass is 488 g/mol. The Morgan fingerprint density at radius 1 is 1.11 bits per heavy atom. The van der Waals surface area contributed by atoms with Crippen molar-refractivity contribution < 1.29 is 23.6 Å². The standard InChI is InChI=1S/C26H40N4O5/c1-3-14-28(15-4-2)24(32)19-30-22-12-6-5-11-21(22)25(33)29(26(30)34)16-8-7-13-23(31)27-18-20-10-9-17-35-20/h9-10,17,21-22H,3-8,11-16,18-19H2,1-2H3,(H,27,31). The highest BCUT2D eigenvalue weighted by Gasteiger charge is 2.47. The molecule has 2 atom stereocenters. The van der Waals surface area contributed by atoms with Gasteiger partial charge in [-0.2, -0.15) is 0 Å². The Balaban J connectivity index is 1.56. The molecule has 3 rings (SSSR count). The first kappa shape index (κ1) is 26.8. The van der Waals surface area contributed by atoms with Crippen molar-refractivity contribution in [2.24, 2.45) is 5.92 Å². The number of urea groups is 1. The Kier molecular flexibility index (Phi) is 10.2. The largest absolute Gasteiger partial charge is 0.467 e. The summed E-state index contributed by atoms with van der Waals surface area (Å²) < 4.78 is 5.21. The average Bonchev–Trinajstić information content (AvgIpc) is 3.38. The van der Waals surface area contributed by atoms with Crippen LogP contribution in [0.5, 0.6) is 0 Å². The van der Waals surface area contributed by atoms with Crippen molar-refractivity contribution in [3.05, 3.63) is 24.2 Å². The highest BCUT2D eigenvalue weighted by Crippen LogP contribution is 2.34. The van der Waals surface area contributed by atoms with Crippen LogP contribution < -0.4 is 5.32 Å². The van der Waals surface area contributed by atoms with Crippen molar-refractivity contribution in [2.75, 3.05) is 26.2 Å². The van der Waals surface area contributed by atoms with Crippen LogP contribution in [0.25, 0.3) is 0 Å². The molecule has 9 nitrogen and oxygen atoms in total. The van der Waals surface area contributed by atoms with Gasteiger partial charge in [0.05, 0.1) is 18.7 Å². The summed E-state index contributed by atoms with van der Waals surface area (Å²) in [6, 6.07) is 3.02. The molecule has 1 saturated carbocycles. The van der Waals surface area contributed by atoms with E-state index >= 15 is 0 Å². The van der Waals surface area contributed by atoms with Gasteiger partial charge in [0.15, 0.2) is 0 Å². The fourth-order valence-electron chi connectivity index (χ4n) is 5.14. The van der Waals surface area contributed by atoms with Crippen LogP contribution >= 0.6 is 0 Å². The first-order valence-electron chi connectivity index (χ1n) is 13.1. The molecule has 1 aromatic rings. The molecule has 1 saturated heterocycles. The molecule has 2 fully saturated rings. The van der Waals surface area contributed by atoms with Gasteiger partial charge >= 0.3 is 6.03 Å². The number of fused-ring (bicyclic) bond motifs is 1. The number of carbonyl (C=O) groups is 4. The normalized spacial score (nSPS) is 20.1. The van der Waals surface area contributed by atoms with Crippen LogP contribution in [0, 0.1) is 5.92 Å². The van der Waals surface area contributed by atoms with Gasteiger partial charge in [0.25, 0.3) is 0 Å². The molecule has 1 aromatic heterocycles. The molecule has 1 aliphatic carbocycles. The number of amides is 5. The lowest BCUT2D eigenvalue weighted by Crippen LogP contribution is -2.64. The summed E-state index contributed by atoms with van der Waals surface area (Å²) in [5, 5.41) is 2.81. The van der Waals surface area contributed by atoms with Gasteiger partial charge in [0, 0.05) is 32.1 Å². The van der Waals surface area contributed by atoms with Gasteiger partial charge < -0.3 is 19.5 Å². The topological polar surface area (TPSA) is 103 Å². The van der Waals surface area contributed by atoms with Crippen molar-refractivity contribution in [3.63, 3.8) is 0 Å². The fourth-order valence-corrected chi connectivity index (χ4v) is 5.14. The van der Waals surface area contributed by atoms with Crippen LogP contribution in [0.3, 0.4) is 0 Å². The van der Waals surface area contributed by atoms with Crippen molar-refractivity contribution in [1.29, 1.82) is 0 Å². The molecule has 2 aliphatic rings. The van der Waals surface area contributed by atoms with Gasteiger partial charge in [-0.05, 0) is 50.7 Å².